The zero-order valence-corrected chi connectivity index (χ0v) is 8.62. The minimum Gasteiger partial charge on any atom is -0.394 e. The topological polar surface area (TPSA) is 41.5 Å². The maximum atomic E-state index is 8.53. The highest BCUT2D eigenvalue weighted by Gasteiger charge is 2.33. The molecule has 1 saturated carbocycles. The van der Waals surface area contributed by atoms with Crippen LogP contribution in [-0.2, 0) is 4.84 Å². The molecule has 2 unspecified atom stereocenters. The van der Waals surface area contributed by atoms with Crippen LogP contribution in [0, 0.1) is 11.8 Å². The minimum absolute atomic E-state index is 0.0833. The Hall–Kier alpha value is -0.120. The van der Waals surface area contributed by atoms with Gasteiger partial charge in [0.1, 0.15) is 0 Å². The van der Waals surface area contributed by atoms with E-state index < -0.39 is 0 Å². The minimum atomic E-state index is 0.0833. The Labute approximate surface area is 80.4 Å². The van der Waals surface area contributed by atoms with Gasteiger partial charge < -0.3 is 5.11 Å². The summed E-state index contributed by atoms with van der Waals surface area (Å²) in [5.74, 6) is 1.64. The molecule has 3 heteroatoms. The lowest BCUT2D eigenvalue weighted by Crippen LogP contribution is -2.35. The van der Waals surface area contributed by atoms with Gasteiger partial charge in [-0.2, -0.15) is 5.48 Å². The number of hydrogen-bond acceptors (Lipinski definition) is 3. The molecule has 0 saturated heterocycles. The fraction of sp³-hybridized carbons (Fsp3) is 1.00. The molecular weight excluding hydrogens is 166 g/mol. The van der Waals surface area contributed by atoms with E-state index >= 15 is 0 Å². The molecule has 1 rings (SSSR count). The molecule has 0 radical (unpaired) electrons. The van der Waals surface area contributed by atoms with E-state index in [4.69, 9.17) is 9.94 Å². The van der Waals surface area contributed by atoms with Crippen LogP contribution in [0.25, 0.3) is 0 Å². The van der Waals surface area contributed by atoms with E-state index in [-0.39, 0.29) is 6.61 Å². The molecule has 1 aliphatic rings. The Balaban J connectivity index is 2.15. The number of rotatable bonds is 7. The second kappa shape index (κ2) is 5.58. The molecule has 1 aliphatic carbocycles. The Bertz CT molecular complexity index is 137. The average Bonchev–Trinajstić information content (AvgIpc) is 2.90. The summed E-state index contributed by atoms with van der Waals surface area (Å²) in [5.41, 5.74) is 3.00. The summed E-state index contributed by atoms with van der Waals surface area (Å²) >= 11 is 0. The SMILES string of the molecule is CCC(C1CC1)C(C)NOCCO. The number of hydrogen-bond donors (Lipinski definition) is 2. The van der Waals surface area contributed by atoms with Gasteiger partial charge in [-0.3, -0.25) is 4.84 Å². The Morgan fingerprint density at radius 1 is 1.54 bits per heavy atom. The van der Waals surface area contributed by atoms with Gasteiger partial charge in [0.2, 0.25) is 0 Å². The summed E-state index contributed by atoms with van der Waals surface area (Å²) in [7, 11) is 0. The molecule has 0 heterocycles. The van der Waals surface area contributed by atoms with Gasteiger partial charge in [-0.1, -0.05) is 13.3 Å². The van der Waals surface area contributed by atoms with E-state index in [1.165, 1.54) is 19.3 Å². The maximum absolute atomic E-state index is 8.53. The van der Waals surface area contributed by atoms with Crippen LogP contribution in [0.5, 0.6) is 0 Å². The van der Waals surface area contributed by atoms with Crippen molar-refractivity contribution < 1.29 is 9.94 Å². The molecule has 2 atom stereocenters. The van der Waals surface area contributed by atoms with E-state index in [9.17, 15) is 0 Å². The van der Waals surface area contributed by atoms with Gasteiger partial charge in [-0.15, -0.1) is 0 Å². The van der Waals surface area contributed by atoms with Crippen molar-refractivity contribution in [2.45, 2.75) is 39.2 Å². The lowest BCUT2D eigenvalue weighted by atomic mass is 9.94. The van der Waals surface area contributed by atoms with Crippen molar-refractivity contribution in [3.63, 3.8) is 0 Å². The van der Waals surface area contributed by atoms with Crippen molar-refractivity contribution >= 4 is 0 Å². The third kappa shape index (κ3) is 3.63. The highest BCUT2D eigenvalue weighted by Crippen LogP contribution is 2.40. The van der Waals surface area contributed by atoms with Gasteiger partial charge in [-0.05, 0) is 31.6 Å². The van der Waals surface area contributed by atoms with Gasteiger partial charge in [-0.25, -0.2) is 0 Å². The monoisotopic (exact) mass is 187 g/mol. The summed E-state index contributed by atoms with van der Waals surface area (Å²) in [6.45, 7) is 4.85. The van der Waals surface area contributed by atoms with Crippen molar-refractivity contribution in [3.8, 4) is 0 Å². The van der Waals surface area contributed by atoms with E-state index in [0.717, 1.165) is 11.8 Å². The van der Waals surface area contributed by atoms with Crippen molar-refractivity contribution in [3.05, 3.63) is 0 Å². The van der Waals surface area contributed by atoms with Crippen LogP contribution < -0.4 is 5.48 Å². The summed E-state index contributed by atoms with van der Waals surface area (Å²) in [5, 5.41) is 8.53. The molecule has 0 aromatic rings. The molecule has 78 valence electrons. The molecule has 0 spiro atoms. The smallest absolute Gasteiger partial charge is 0.0913 e. The Morgan fingerprint density at radius 2 is 2.23 bits per heavy atom. The molecule has 13 heavy (non-hydrogen) atoms. The van der Waals surface area contributed by atoms with Crippen LogP contribution >= 0.6 is 0 Å². The largest absolute Gasteiger partial charge is 0.394 e. The normalized spacial score (nSPS) is 21.5. The van der Waals surface area contributed by atoms with Gasteiger partial charge >= 0.3 is 0 Å². The van der Waals surface area contributed by atoms with Crippen LogP contribution in [0.4, 0.5) is 0 Å². The van der Waals surface area contributed by atoms with Crippen molar-refractivity contribution in [1.29, 1.82) is 0 Å². The third-order valence-electron chi connectivity index (χ3n) is 2.80. The van der Waals surface area contributed by atoms with Gasteiger partial charge in [0, 0.05) is 6.04 Å². The summed E-state index contributed by atoms with van der Waals surface area (Å²) in [4.78, 5) is 5.11. The average molecular weight is 187 g/mol. The number of nitrogens with one attached hydrogen (secondary N) is 1. The zero-order valence-electron chi connectivity index (χ0n) is 8.62. The molecule has 0 bridgehead atoms. The first-order valence-electron chi connectivity index (χ1n) is 5.27. The van der Waals surface area contributed by atoms with E-state index in [2.05, 4.69) is 19.3 Å². The van der Waals surface area contributed by atoms with Gasteiger partial charge in [0.15, 0.2) is 0 Å². The molecule has 2 N–H and O–H groups in total. The van der Waals surface area contributed by atoms with Gasteiger partial charge in [0.25, 0.3) is 0 Å². The van der Waals surface area contributed by atoms with Crippen LogP contribution in [0.3, 0.4) is 0 Å². The zero-order chi connectivity index (χ0) is 9.68. The Morgan fingerprint density at radius 3 is 2.69 bits per heavy atom. The molecule has 1 fully saturated rings. The lowest BCUT2D eigenvalue weighted by molar-refractivity contribution is -0.0142. The Kier molecular flexibility index (Phi) is 4.70. The highest BCUT2D eigenvalue weighted by atomic mass is 16.6. The highest BCUT2D eigenvalue weighted by molar-refractivity contribution is 4.85. The summed E-state index contributed by atoms with van der Waals surface area (Å²) in [6.07, 6.45) is 3.97. The van der Waals surface area contributed by atoms with Crippen molar-refractivity contribution in [1.82, 2.24) is 5.48 Å². The molecule has 0 aliphatic heterocycles. The second-order valence-electron chi connectivity index (χ2n) is 3.89. The summed E-state index contributed by atoms with van der Waals surface area (Å²) in [6, 6.07) is 0.407. The first-order valence-corrected chi connectivity index (χ1v) is 5.27. The molecule has 3 nitrogen and oxygen atoms in total. The quantitative estimate of drug-likeness (QED) is 0.466. The number of aliphatic hydroxyl groups is 1. The molecule has 0 aromatic carbocycles. The van der Waals surface area contributed by atoms with Crippen LogP contribution in [0.1, 0.15) is 33.1 Å². The predicted octanol–water partition coefficient (Wildman–Crippen LogP) is 1.32. The molecule has 0 amide bonds. The van der Waals surface area contributed by atoms with Crippen LogP contribution in [0.15, 0.2) is 0 Å². The third-order valence-corrected chi connectivity index (χ3v) is 2.80. The van der Waals surface area contributed by atoms with Gasteiger partial charge in [0.05, 0.1) is 13.2 Å². The van der Waals surface area contributed by atoms with Crippen molar-refractivity contribution in [2.24, 2.45) is 11.8 Å². The van der Waals surface area contributed by atoms with Crippen LogP contribution in [0.2, 0.25) is 0 Å². The lowest BCUT2D eigenvalue weighted by Gasteiger charge is -2.22. The van der Waals surface area contributed by atoms with E-state index in [1.54, 1.807) is 0 Å². The first kappa shape index (κ1) is 11.0. The first-order chi connectivity index (χ1) is 6.29. The van der Waals surface area contributed by atoms with E-state index in [1.807, 2.05) is 0 Å². The molecular formula is C10H21NO2. The van der Waals surface area contributed by atoms with Crippen LogP contribution in [-0.4, -0.2) is 24.4 Å². The standard InChI is InChI=1S/C10H21NO2/c1-3-10(9-4-5-9)8(2)11-13-7-6-12/h8-12H,3-7H2,1-2H3. The van der Waals surface area contributed by atoms with E-state index in [0.29, 0.717) is 12.6 Å². The number of aliphatic hydroxyl groups excluding tert-OH is 1. The summed E-state index contributed by atoms with van der Waals surface area (Å²) < 4.78 is 0. The fourth-order valence-electron chi connectivity index (χ4n) is 1.94. The van der Waals surface area contributed by atoms with Crippen molar-refractivity contribution in [2.75, 3.05) is 13.2 Å². The fourth-order valence-corrected chi connectivity index (χ4v) is 1.94. The number of hydroxylamine groups is 1. The predicted molar refractivity (Wildman–Crippen MR) is 52.1 cm³/mol. The second-order valence-corrected chi connectivity index (χ2v) is 3.89. The maximum Gasteiger partial charge on any atom is 0.0913 e. The molecule has 0 aromatic heterocycles.